The number of hydrogen-bond acceptors (Lipinski definition) is 4. The number of nitrogens with one attached hydrogen (secondary N) is 1. The number of aryl methyl sites for hydroxylation is 1. The second-order valence-corrected chi connectivity index (χ2v) is 4.59. The quantitative estimate of drug-likeness (QED) is 0.625. The molecule has 0 spiro atoms. The van der Waals surface area contributed by atoms with E-state index in [1.54, 1.807) is 6.20 Å². The van der Waals surface area contributed by atoms with Crippen LogP contribution in [0.1, 0.15) is 24.0 Å². The maximum absolute atomic E-state index is 7.58. The number of nitrogen functional groups attached to an aromatic ring is 1. The van der Waals surface area contributed by atoms with E-state index in [-0.39, 0.29) is 5.84 Å². The fraction of sp³-hybridized carbons (Fsp3) is 0.538. The summed E-state index contributed by atoms with van der Waals surface area (Å²) in [6.07, 6.45) is 3.71. The molecule has 1 aliphatic heterocycles. The summed E-state index contributed by atoms with van der Waals surface area (Å²) in [5, 5.41) is 7.58. The van der Waals surface area contributed by atoms with E-state index >= 15 is 0 Å². The molecule has 0 unspecified atom stereocenters. The molecule has 1 aliphatic rings. The van der Waals surface area contributed by atoms with Crippen LogP contribution >= 0.6 is 0 Å². The highest BCUT2D eigenvalue weighted by atomic mass is 16.5. The minimum absolute atomic E-state index is 0.00239. The second-order valence-electron chi connectivity index (χ2n) is 4.59. The molecule has 2 rings (SSSR count). The molecule has 1 fully saturated rings. The Morgan fingerprint density at radius 1 is 1.56 bits per heavy atom. The van der Waals surface area contributed by atoms with E-state index in [0.717, 1.165) is 31.6 Å². The summed E-state index contributed by atoms with van der Waals surface area (Å²) in [5.41, 5.74) is 7.09. The Labute approximate surface area is 107 Å². The van der Waals surface area contributed by atoms with Crippen LogP contribution < -0.4 is 10.5 Å². The summed E-state index contributed by atoms with van der Waals surface area (Å²) in [7, 11) is 0. The molecule has 3 N–H and O–H groups in total. The Morgan fingerprint density at radius 2 is 2.28 bits per heavy atom. The van der Waals surface area contributed by atoms with Crippen LogP contribution in [-0.2, 0) is 4.74 Å². The van der Waals surface area contributed by atoms with E-state index in [0.29, 0.717) is 24.0 Å². The standard InChI is InChI=1S/C13H19N3O2/c1-9-2-5-16-13(11(9)12(14)15)18-8-10-3-6-17-7-4-10/h2,5,10H,3-4,6-8H2,1H3,(H3,14,15). The maximum Gasteiger partial charge on any atom is 0.224 e. The Balaban J connectivity index is 2.04. The van der Waals surface area contributed by atoms with Crippen molar-refractivity contribution in [1.29, 1.82) is 5.41 Å². The van der Waals surface area contributed by atoms with Crippen molar-refractivity contribution in [2.24, 2.45) is 11.7 Å². The smallest absolute Gasteiger partial charge is 0.224 e. The zero-order valence-electron chi connectivity index (χ0n) is 10.6. The Bertz CT molecular complexity index is 428. The molecule has 0 saturated carbocycles. The van der Waals surface area contributed by atoms with Gasteiger partial charge < -0.3 is 15.2 Å². The predicted octanol–water partition coefficient (Wildman–Crippen LogP) is 1.48. The van der Waals surface area contributed by atoms with Gasteiger partial charge in [-0.25, -0.2) is 4.98 Å². The number of nitrogens with two attached hydrogens (primary N) is 1. The fourth-order valence-electron chi connectivity index (χ4n) is 2.08. The molecular weight excluding hydrogens is 230 g/mol. The molecule has 0 aliphatic carbocycles. The first-order valence-electron chi connectivity index (χ1n) is 6.19. The molecule has 0 aromatic carbocycles. The van der Waals surface area contributed by atoms with Gasteiger partial charge in [-0.05, 0) is 37.3 Å². The van der Waals surface area contributed by atoms with Crippen LogP contribution in [0.4, 0.5) is 0 Å². The first kappa shape index (κ1) is 12.8. The van der Waals surface area contributed by atoms with E-state index in [2.05, 4.69) is 4.98 Å². The number of aromatic nitrogens is 1. The van der Waals surface area contributed by atoms with Crippen LogP contribution in [0.2, 0.25) is 0 Å². The minimum Gasteiger partial charge on any atom is -0.477 e. The van der Waals surface area contributed by atoms with Gasteiger partial charge in [-0.3, -0.25) is 5.41 Å². The average molecular weight is 249 g/mol. The highest BCUT2D eigenvalue weighted by Crippen LogP contribution is 2.21. The zero-order chi connectivity index (χ0) is 13.0. The maximum atomic E-state index is 7.58. The number of hydrogen-bond donors (Lipinski definition) is 2. The lowest BCUT2D eigenvalue weighted by molar-refractivity contribution is 0.0490. The normalized spacial score (nSPS) is 16.5. The number of pyridine rings is 1. The lowest BCUT2D eigenvalue weighted by Crippen LogP contribution is -2.23. The zero-order valence-corrected chi connectivity index (χ0v) is 10.6. The molecule has 5 nitrogen and oxygen atoms in total. The number of amidine groups is 1. The van der Waals surface area contributed by atoms with Crippen LogP contribution in [0, 0.1) is 18.3 Å². The van der Waals surface area contributed by atoms with Crippen LogP contribution in [0.15, 0.2) is 12.3 Å². The van der Waals surface area contributed by atoms with E-state index in [1.165, 1.54) is 0 Å². The molecule has 0 radical (unpaired) electrons. The molecule has 0 atom stereocenters. The van der Waals surface area contributed by atoms with Gasteiger partial charge in [0.1, 0.15) is 5.84 Å². The minimum atomic E-state index is 0.00239. The SMILES string of the molecule is Cc1ccnc(OCC2CCOCC2)c1C(=N)N. The number of ether oxygens (including phenoxy) is 2. The number of rotatable bonds is 4. The lowest BCUT2D eigenvalue weighted by Gasteiger charge is -2.22. The monoisotopic (exact) mass is 249 g/mol. The van der Waals surface area contributed by atoms with Gasteiger partial charge in [0.2, 0.25) is 5.88 Å². The molecule has 2 heterocycles. The number of nitrogens with zero attached hydrogens (tertiary/aromatic N) is 1. The molecule has 98 valence electrons. The molecule has 0 amide bonds. The highest BCUT2D eigenvalue weighted by molar-refractivity contribution is 5.98. The third kappa shape index (κ3) is 2.98. The van der Waals surface area contributed by atoms with Crippen LogP contribution in [0.3, 0.4) is 0 Å². The van der Waals surface area contributed by atoms with Crippen molar-refractivity contribution < 1.29 is 9.47 Å². The van der Waals surface area contributed by atoms with Gasteiger partial charge in [0, 0.05) is 19.4 Å². The first-order chi connectivity index (χ1) is 8.68. The summed E-state index contributed by atoms with van der Waals surface area (Å²) >= 11 is 0. The van der Waals surface area contributed by atoms with E-state index < -0.39 is 0 Å². The summed E-state index contributed by atoms with van der Waals surface area (Å²) in [6, 6.07) is 1.83. The van der Waals surface area contributed by atoms with Crippen molar-refractivity contribution in [2.75, 3.05) is 19.8 Å². The van der Waals surface area contributed by atoms with Crippen molar-refractivity contribution >= 4 is 5.84 Å². The average Bonchev–Trinajstić information content (AvgIpc) is 2.37. The summed E-state index contributed by atoms with van der Waals surface area (Å²) in [5.74, 6) is 0.970. The highest BCUT2D eigenvalue weighted by Gasteiger charge is 2.17. The predicted molar refractivity (Wildman–Crippen MR) is 69.0 cm³/mol. The molecule has 1 aromatic rings. The topological polar surface area (TPSA) is 81.2 Å². The summed E-state index contributed by atoms with van der Waals surface area (Å²) in [4.78, 5) is 4.17. The van der Waals surface area contributed by atoms with Gasteiger partial charge >= 0.3 is 0 Å². The Morgan fingerprint density at radius 3 is 2.94 bits per heavy atom. The third-order valence-corrected chi connectivity index (χ3v) is 3.19. The van der Waals surface area contributed by atoms with Gasteiger partial charge in [-0.1, -0.05) is 0 Å². The largest absolute Gasteiger partial charge is 0.477 e. The van der Waals surface area contributed by atoms with Gasteiger partial charge in [0.25, 0.3) is 0 Å². The third-order valence-electron chi connectivity index (χ3n) is 3.19. The van der Waals surface area contributed by atoms with Gasteiger partial charge in [0.15, 0.2) is 0 Å². The van der Waals surface area contributed by atoms with Crippen molar-refractivity contribution in [2.45, 2.75) is 19.8 Å². The van der Waals surface area contributed by atoms with Crippen molar-refractivity contribution in [3.05, 3.63) is 23.4 Å². The van der Waals surface area contributed by atoms with Gasteiger partial charge in [-0.2, -0.15) is 0 Å². The van der Waals surface area contributed by atoms with Crippen LogP contribution in [-0.4, -0.2) is 30.6 Å². The summed E-state index contributed by atoms with van der Waals surface area (Å²) in [6.45, 7) is 4.11. The second kappa shape index (κ2) is 5.82. The van der Waals surface area contributed by atoms with Crippen molar-refractivity contribution in [3.63, 3.8) is 0 Å². The van der Waals surface area contributed by atoms with E-state index in [1.807, 2.05) is 13.0 Å². The van der Waals surface area contributed by atoms with Crippen LogP contribution in [0.25, 0.3) is 0 Å². The molecule has 0 bridgehead atoms. The van der Waals surface area contributed by atoms with Crippen LogP contribution in [0.5, 0.6) is 5.88 Å². The van der Waals surface area contributed by atoms with E-state index in [4.69, 9.17) is 20.6 Å². The van der Waals surface area contributed by atoms with Crippen molar-refractivity contribution in [1.82, 2.24) is 4.98 Å². The van der Waals surface area contributed by atoms with Gasteiger partial charge in [0.05, 0.1) is 12.2 Å². The Kier molecular flexibility index (Phi) is 4.15. The van der Waals surface area contributed by atoms with Crippen molar-refractivity contribution in [3.8, 4) is 5.88 Å². The molecule has 5 heteroatoms. The fourth-order valence-corrected chi connectivity index (χ4v) is 2.08. The molecule has 18 heavy (non-hydrogen) atoms. The van der Waals surface area contributed by atoms with E-state index in [9.17, 15) is 0 Å². The lowest BCUT2D eigenvalue weighted by atomic mass is 10.0. The molecule has 1 saturated heterocycles. The molecule has 1 aromatic heterocycles. The Hall–Kier alpha value is -1.62. The first-order valence-corrected chi connectivity index (χ1v) is 6.19. The molecular formula is C13H19N3O2. The summed E-state index contributed by atoms with van der Waals surface area (Å²) < 4.78 is 11.0. The van der Waals surface area contributed by atoms with Gasteiger partial charge in [-0.15, -0.1) is 0 Å².